The third-order valence-corrected chi connectivity index (χ3v) is 16.5. The van der Waals surface area contributed by atoms with Gasteiger partial charge < -0.3 is 24.5 Å². The van der Waals surface area contributed by atoms with Crippen molar-refractivity contribution in [2.45, 2.75) is 222 Å². The zero-order valence-electron chi connectivity index (χ0n) is 41.4. The predicted molar refractivity (Wildman–Crippen MR) is 269 cm³/mol. The van der Waals surface area contributed by atoms with Crippen molar-refractivity contribution in [2.24, 2.45) is 0 Å². The van der Waals surface area contributed by atoms with E-state index in [1.54, 1.807) is 11.5 Å². The van der Waals surface area contributed by atoms with Gasteiger partial charge in [0.2, 0.25) is 11.4 Å². The number of carbonyl (C=O) groups is 2. The number of piperidine rings is 2. The van der Waals surface area contributed by atoms with E-state index in [0.29, 0.717) is 47.3 Å². The fourth-order valence-electron chi connectivity index (χ4n) is 13.7. The second kappa shape index (κ2) is 26.0. The van der Waals surface area contributed by atoms with Crippen LogP contribution in [0, 0.1) is 0 Å². The summed E-state index contributed by atoms with van der Waals surface area (Å²) in [5.41, 5.74) is 1.69. The maximum absolute atomic E-state index is 13.6. The smallest absolute Gasteiger partial charge is 0.870 e. The fraction of sp³-hybridized carbons (Fsp3) is 0.667. The molecule has 0 amide bonds. The van der Waals surface area contributed by atoms with Gasteiger partial charge in [0.15, 0.2) is 0 Å². The maximum Gasteiger partial charge on any atom is 1.00 e. The van der Waals surface area contributed by atoms with Crippen LogP contribution >= 0.6 is 12.4 Å². The summed E-state index contributed by atoms with van der Waals surface area (Å²) in [5, 5.41) is 9.58. The van der Waals surface area contributed by atoms with Crippen molar-refractivity contribution in [3.05, 3.63) is 80.6 Å². The number of carboxylic acid groups (broad SMARTS) is 1. The van der Waals surface area contributed by atoms with Crippen LogP contribution in [0.5, 0.6) is 0 Å². The van der Waals surface area contributed by atoms with Crippen molar-refractivity contribution >= 4 is 46.4 Å². The standard InChI is InChI=1S/C28H39N3O3.C26H35N3O3.ClH.Na.H2O/c1-2-34-28(33)26-27(32)31(25-15-11-10-14-24(25)29-26)23-18-21-16-17-22(19-23)30(21)20-12-8-6-4-3-5-7-9-13-20;30-25-24(26(31)32)27-22-12-8-9-13-23(22)29(25)21-16-19-14-15-20(17-21)28(19)18-10-6-4-2-1-3-5-7-11-18;;;/h10-11,14-15,20-23H,2-9,12-13,16-19H2,1H3;8-9,12-13,18-21H,1-7,10-11,14-17H2,(H,31,32);1H;;1H2/q;;;+1;/p-1/t21-,22+,23?;19-,20+,21?;;;. The minimum atomic E-state index is -1.24. The first kappa shape index (κ1) is 55.1. The van der Waals surface area contributed by atoms with Gasteiger partial charge >= 0.3 is 41.5 Å². The molecular weight excluding hydrogens is 903 g/mol. The molecule has 10 rings (SSSR count). The molecule has 2 unspecified atom stereocenters. The molecule has 4 aliphatic heterocycles. The normalized spacial score (nSPS) is 26.3. The van der Waals surface area contributed by atoms with Crippen LogP contribution in [0.25, 0.3) is 22.1 Å². The van der Waals surface area contributed by atoms with Gasteiger partial charge in [-0.2, -0.15) is 0 Å². The van der Waals surface area contributed by atoms with Crippen molar-refractivity contribution in [3.63, 3.8) is 0 Å². The molecule has 6 heterocycles. The number of aromatic nitrogens is 4. The van der Waals surface area contributed by atoms with Crippen LogP contribution in [-0.4, -0.2) is 94.3 Å². The molecule has 2 aliphatic carbocycles. The van der Waals surface area contributed by atoms with Crippen LogP contribution in [-0.2, 0) is 4.74 Å². The SMILES string of the molecule is CCOC(=O)c1nc2ccccc2n(C2C[C@H]3CC[C@@H](C2)N3C2CCCCCCCCC2)c1=O.Cl.O=C(O)c1nc2ccccc2n(C2C[C@H]3CC[C@@H](C2)N3C2CCCCCCCCC2)c1=O.[Na+].[OH-]. The summed E-state index contributed by atoms with van der Waals surface area (Å²) in [6.07, 6.45) is 33.1. The number of nitrogens with zero attached hydrogens (tertiary/aromatic N) is 6. The largest absolute Gasteiger partial charge is 1.00 e. The van der Waals surface area contributed by atoms with Crippen LogP contribution in [0.15, 0.2) is 58.1 Å². The summed E-state index contributed by atoms with van der Waals surface area (Å²) in [4.78, 5) is 65.3. The Hall–Kier alpha value is -3.17. The molecule has 0 spiro atoms. The summed E-state index contributed by atoms with van der Waals surface area (Å²) in [5.74, 6) is -1.86. The Balaban J connectivity index is 0.000000218. The molecule has 2 aromatic heterocycles. The van der Waals surface area contributed by atoms with E-state index >= 15 is 0 Å². The monoisotopic (exact) mass is 979 g/mol. The second-order valence-corrected chi connectivity index (χ2v) is 20.6. The number of ether oxygens (including phenoxy) is 1. The Kier molecular flexibility index (Phi) is 20.8. The quantitative estimate of drug-likeness (QED) is 0.141. The van der Waals surface area contributed by atoms with Gasteiger partial charge in [-0.15, -0.1) is 12.4 Å². The van der Waals surface area contributed by atoms with E-state index in [-0.39, 0.29) is 83.1 Å². The molecular formula is C54H76ClN6NaO7. The molecule has 2 saturated carbocycles. The first-order chi connectivity index (χ1) is 32.3. The summed E-state index contributed by atoms with van der Waals surface area (Å²) in [6, 6.07) is 18.7. The number of benzene rings is 2. The van der Waals surface area contributed by atoms with E-state index in [1.807, 2.05) is 53.1 Å². The third-order valence-electron chi connectivity index (χ3n) is 16.5. The zero-order valence-corrected chi connectivity index (χ0v) is 44.2. The summed E-state index contributed by atoms with van der Waals surface area (Å²) >= 11 is 0. The Labute approximate surface area is 436 Å². The minimum Gasteiger partial charge on any atom is -0.870 e. The van der Waals surface area contributed by atoms with Crippen molar-refractivity contribution in [1.29, 1.82) is 0 Å². The van der Waals surface area contributed by atoms with Gasteiger partial charge in [0.25, 0.3) is 11.1 Å². The van der Waals surface area contributed by atoms with Crippen LogP contribution in [0.2, 0.25) is 0 Å². The van der Waals surface area contributed by atoms with E-state index in [9.17, 15) is 24.3 Å². The van der Waals surface area contributed by atoms with Gasteiger partial charge in [-0.3, -0.25) is 19.4 Å². The minimum absolute atomic E-state index is 0. The van der Waals surface area contributed by atoms with E-state index in [1.165, 1.54) is 141 Å². The van der Waals surface area contributed by atoms with E-state index in [2.05, 4.69) is 19.8 Å². The van der Waals surface area contributed by atoms with Crippen LogP contribution in [0.3, 0.4) is 0 Å². The van der Waals surface area contributed by atoms with Gasteiger partial charge in [-0.05, 0) is 108 Å². The van der Waals surface area contributed by atoms with Gasteiger partial charge in [0, 0.05) is 48.3 Å². The van der Waals surface area contributed by atoms with Crippen LogP contribution in [0.1, 0.15) is 207 Å². The number of hydrogen-bond donors (Lipinski definition) is 1. The molecule has 6 atom stereocenters. The molecule has 4 saturated heterocycles. The summed E-state index contributed by atoms with van der Waals surface area (Å²) in [6.45, 7) is 1.99. The second-order valence-electron chi connectivity index (χ2n) is 20.6. The molecule has 6 fully saturated rings. The number of para-hydroxylation sites is 4. The number of rotatable bonds is 7. The molecule has 2 N–H and O–H groups in total. The van der Waals surface area contributed by atoms with E-state index < -0.39 is 17.5 Å². The van der Waals surface area contributed by atoms with Crippen molar-refractivity contribution in [1.82, 2.24) is 28.9 Å². The average molecular weight is 980 g/mol. The third kappa shape index (κ3) is 12.4. The molecule has 69 heavy (non-hydrogen) atoms. The first-order valence-corrected chi connectivity index (χ1v) is 26.3. The number of halogens is 1. The van der Waals surface area contributed by atoms with Gasteiger partial charge in [-0.25, -0.2) is 19.6 Å². The maximum atomic E-state index is 13.6. The van der Waals surface area contributed by atoms with Crippen LogP contribution < -0.4 is 40.7 Å². The van der Waals surface area contributed by atoms with E-state index in [0.717, 1.165) is 36.7 Å². The average Bonchev–Trinajstić information content (AvgIpc) is 3.74. The Morgan fingerprint density at radius 1 is 0.522 bits per heavy atom. The summed E-state index contributed by atoms with van der Waals surface area (Å²) < 4.78 is 8.81. The predicted octanol–water partition coefficient (Wildman–Crippen LogP) is 8.04. The fourth-order valence-corrected chi connectivity index (χ4v) is 13.7. The first-order valence-electron chi connectivity index (χ1n) is 26.3. The summed E-state index contributed by atoms with van der Waals surface area (Å²) in [7, 11) is 0. The van der Waals surface area contributed by atoms with Gasteiger partial charge in [0.05, 0.1) is 28.7 Å². The van der Waals surface area contributed by atoms with Gasteiger partial charge in [0.1, 0.15) is 0 Å². The number of aromatic carboxylic acids is 1. The number of hydrogen-bond acceptors (Lipinski definition) is 10. The number of esters is 1. The molecule has 2 aromatic carbocycles. The molecule has 6 aliphatic rings. The van der Waals surface area contributed by atoms with Crippen molar-refractivity contribution in [2.75, 3.05) is 6.61 Å². The molecule has 4 bridgehead atoms. The number of fused-ring (bicyclic) bond motifs is 6. The zero-order chi connectivity index (χ0) is 45.6. The molecule has 13 nitrogen and oxygen atoms in total. The molecule has 0 radical (unpaired) electrons. The molecule has 4 aromatic rings. The van der Waals surface area contributed by atoms with Gasteiger partial charge in [-0.1, -0.05) is 114 Å². The molecule has 15 heteroatoms. The molecule has 372 valence electrons. The topological polar surface area (TPSA) is 170 Å². The van der Waals surface area contributed by atoms with Crippen molar-refractivity contribution in [3.8, 4) is 0 Å². The van der Waals surface area contributed by atoms with Crippen LogP contribution in [0.4, 0.5) is 0 Å². The number of carboxylic acids is 1. The van der Waals surface area contributed by atoms with Crippen molar-refractivity contribution < 1.29 is 54.5 Å². The number of carbonyl (C=O) groups excluding carboxylic acids is 1. The Bertz CT molecular complexity index is 2400. The van der Waals surface area contributed by atoms with E-state index in [4.69, 9.17) is 4.74 Å². The Morgan fingerprint density at radius 3 is 1.22 bits per heavy atom. The Morgan fingerprint density at radius 2 is 0.855 bits per heavy atom.